The van der Waals surface area contributed by atoms with Crippen LogP contribution in [0.1, 0.15) is 0 Å². The second-order valence-electron chi connectivity index (χ2n) is 2.94. The van der Waals surface area contributed by atoms with Gasteiger partial charge in [0.25, 0.3) is 0 Å². The average molecular weight is 390 g/mol. The van der Waals surface area contributed by atoms with Gasteiger partial charge in [0.2, 0.25) is 0 Å². The molecule has 0 aliphatic heterocycles. The summed E-state index contributed by atoms with van der Waals surface area (Å²) >= 11 is 5.07. The molecule has 15 heavy (non-hydrogen) atoms. The van der Waals surface area contributed by atoms with E-state index in [1.807, 2.05) is 22.6 Å². The molecule has 1 atom stereocenters. The van der Waals surface area contributed by atoms with Crippen LogP contribution in [0.4, 0.5) is 10.1 Å². The minimum absolute atomic E-state index is 0.111. The van der Waals surface area contributed by atoms with Crippen LogP contribution in [0.2, 0.25) is 0 Å². The van der Waals surface area contributed by atoms with Crippen molar-refractivity contribution in [3.05, 3.63) is 26.0 Å². The lowest BCUT2D eigenvalue weighted by atomic mass is 10.3. The van der Waals surface area contributed by atoms with Crippen molar-refractivity contribution in [3.8, 4) is 0 Å². The third-order valence-corrected chi connectivity index (χ3v) is 3.28. The molecule has 3 N–H and O–H groups in total. The number of halogens is 3. The summed E-state index contributed by atoms with van der Waals surface area (Å²) < 4.78 is 14.6. The van der Waals surface area contributed by atoms with E-state index in [2.05, 4.69) is 21.2 Å². The van der Waals surface area contributed by atoms with E-state index < -0.39 is 11.9 Å². The Kier molecular flexibility index (Phi) is 5.24. The number of benzene rings is 1. The molecular formula is C9H10BrFINO2. The van der Waals surface area contributed by atoms with Gasteiger partial charge in [-0.25, -0.2) is 4.39 Å². The molecule has 0 saturated carbocycles. The number of aliphatic hydroxyl groups excluding tert-OH is 2. The van der Waals surface area contributed by atoms with E-state index in [4.69, 9.17) is 10.2 Å². The van der Waals surface area contributed by atoms with Gasteiger partial charge in [0.1, 0.15) is 0 Å². The first-order chi connectivity index (χ1) is 7.06. The summed E-state index contributed by atoms with van der Waals surface area (Å²) in [6.07, 6.45) is -0.890. The highest BCUT2D eigenvalue weighted by atomic mass is 127. The van der Waals surface area contributed by atoms with Crippen LogP contribution in [-0.2, 0) is 0 Å². The summed E-state index contributed by atoms with van der Waals surface area (Å²) in [6.45, 7) is -0.237. The fourth-order valence-electron chi connectivity index (χ4n) is 0.974. The maximum Gasteiger partial charge on any atom is 0.161 e. The van der Waals surface area contributed by atoms with Crippen molar-refractivity contribution in [2.45, 2.75) is 6.10 Å². The summed E-state index contributed by atoms with van der Waals surface area (Å²) in [5, 5.41) is 20.5. The zero-order valence-electron chi connectivity index (χ0n) is 7.67. The summed E-state index contributed by atoms with van der Waals surface area (Å²) in [4.78, 5) is 0. The van der Waals surface area contributed by atoms with E-state index in [1.165, 1.54) is 0 Å². The fraction of sp³-hybridized carbons (Fsp3) is 0.333. The Balaban J connectivity index is 2.80. The van der Waals surface area contributed by atoms with Crippen molar-refractivity contribution in [1.29, 1.82) is 0 Å². The molecular weight excluding hydrogens is 380 g/mol. The smallest absolute Gasteiger partial charge is 0.161 e. The van der Waals surface area contributed by atoms with Gasteiger partial charge in [-0.05, 0) is 50.7 Å². The van der Waals surface area contributed by atoms with Crippen LogP contribution in [-0.4, -0.2) is 29.5 Å². The zero-order valence-corrected chi connectivity index (χ0v) is 11.4. The number of hydrogen-bond donors (Lipinski definition) is 3. The van der Waals surface area contributed by atoms with Crippen molar-refractivity contribution < 1.29 is 14.6 Å². The largest absolute Gasteiger partial charge is 0.394 e. The van der Waals surface area contributed by atoms with E-state index in [1.54, 1.807) is 12.1 Å². The van der Waals surface area contributed by atoms with Crippen LogP contribution in [0.5, 0.6) is 0 Å². The van der Waals surface area contributed by atoms with Crippen LogP contribution < -0.4 is 5.32 Å². The fourth-order valence-corrected chi connectivity index (χ4v) is 1.91. The van der Waals surface area contributed by atoms with Gasteiger partial charge < -0.3 is 15.5 Å². The predicted octanol–water partition coefficient (Wildman–Crippen LogP) is 1.96. The van der Waals surface area contributed by atoms with Crippen molar-refractivity contribution in [2.75, 3.05) is 18.5 Å². The Labute approximate surface area is 109 Å². The normalized spacial score (nSPS) is 12.6. The maximum atomic E-state index is 13.6. The van der Waals surface area contributed by atoms with Crippen LogP contribution in [0.15, 0.2) is 16.6 Å². The lowest BCUT2D eigenvalue weighted by Gasteiger charge is -2.13. The first-order valence-corrected chi connectivity index (χ1v) is 6.09. The first-order valence-electron chi connectivity index (χ1n) is 4.22. The van der Waals surface area contributed by atoms with E-state index in [0.717, 1.165) is 3.57 Å². The molecule has 0 aliphatic rings. The Bertz CT molecular complexity index is 351. The quantitative estimate of drug-likeness (QED) is 0.545. The number of rotatable bonds is 4. The molecule has 0 aliphatic carbocycles. The van der Waals surface area contributed by atoms with Crippen LogP contribution >= 0.6 is 38.5 Å². The van der Waals surface area contributed by atoms with Crippen LogP contribution in [0.25, 0.3) is 0 Å². The third-order valence-electron chi connectivity index (χ3n) is 1.77. The lowest BCUT2D eigenvalue weighted by Crippen LogP contribution is -2.23. The number of nitrogens with one attached hydrogen (secondary N) is 1. The molecule has 1 aromatic rings. The van der Waals surface area contributed by atoms with Gasteiger partial charge in [-0.2, -0.15) is 0 Å². The van der Waals surface area contributed by atoms with Gasteiger partial charge in [0.15, 0.2) is 5.82 Å². The molecule has 0 amide bonds. The Hall–Kier alpha value is 0.0800. The Morgan fingerprint density at radius 3 is 2.80 bits per heavy atom. The molecule has 1 rings (SSSR count). The highest BCUT2D eigenvalue weighted by Gasteiger charge is 2.11. The number of anilines is 1. The Morgan fingerprint density at radius 1 is 1.53 bits per heavy atom. The number of aliphatic hydroxyl groups is 2. The van der Waals surface area contributed by atoms with Crippen molar-refractivity contribution >= 4 is 44.2 Å². The SMILES string of the molecule is OCC(O)CNc1c(I)ccc(Br)c1F. The van der Waals surface area contributed by atoms with Crippen LogP contribution in [0.3, 0.4) is 0 Å². The molecule has 6 heteroatoms. The molecule has 0 saturated heterocycles. The number of hydrogen-bond acceptors (Lipinski definition) is 3. The van der Waals surface area contributed by atoms with Crippen LogP contribution in [0, 0.1) is 9.39 Å². The van der Waals surface area contributed by atoms with E-state index in [9.17, 15) is 4.39 Å². The maximum absolute atomic E-state index is 13.6. The predicted molar refractivity (Wildman–Crippen MR) is 68.4 cm³/mol. The molecule has 0 aromatic heterocycles. The van der Waals surface area contributed by atoms with Gasteiger partial charge in [0, 0.05) is 10.1 Å². The average Bonchev–Trinajstić information content (AvgIpc) is 2.23. The van der Waals surface area contributed by atoms with Gasteiger partial charge in [-0.3, -0.25) is 0 Å². The van der Waals surface area contributed by atoms with Crippen molar-refractivity contribution in [2.24, 2.45) is 0 Å². The van der Waals surface area contributed by atoms with Gasteiger partial charge in [-0.15, -0.1) is 0 Å². The molecule has 0 spiro atoms. The second-order valence-corrected chi connectivity index (χ2v) is 4.95. The standard InChI is InChI=1S/C9H10BrFINO2/c10-6-1-2-7(12)9(8(6)11)13-3-5(15)4-14/h1-2,5,13-15H,3-4H2. The summed E-state index contributed by atoms with van der Waals surface area (Å²) in [6, 6.07) is 3.37. The topological polar surface area (TPSA) is 52.5 Å². The van der Waals surface area contributed by atoms with Gasteiger partial charge >= 0.3 is 0 Å². The first kappa shape index (κ1) is 13.1. The molecule has 0 heterocycles. The summed E-state index contributed by atoms with van der Waals surface area (Å²) in [7, 11) is 0. The summed E-state index contributed by atoms with van der Waals surface area (Å²) in [5.74, 6) is -0.396. The van der Waals surface area contributed by atoms with E-state index in [0.29, 0.717) is 10.2 Å². The molecule has 0 bridgehead atoms. The van der Waals surface area contributed by atoms with E-state index in [-0.39, 0.29) is 13.2 Å². The molecule has 0 radical (unpaired) electrons. The second kappa shape index (κ2) is 5.97. The highest BCUT2D eigenvalue weighted by Crippen LogP contribution is 2.27. The molecule has 1 aromatic carbocycles. The van der Waals surface area contributed by atoms with Gasteiger partial charge in [0.05, 0.1) is 22.9 Å². The molecule has 84 valence electrons. The molecule has 1 unspecified atom stereocenters. The highest BCUT2D eigenvalue weighted by molar-refractivity contribution is 14.1. The van der Waals surface area contributed by atoms with Gasteiger partial charge in [-0.1, -0.05) is 0 Å². The lowest BCUT2D eigenvalue weighted by molar-refractivity contribution is 0.105. The zero-order chi connectivity index (χ0) is 11.4. The molecule has 3 nitrogen and oxygen atoms in total. The molecule has 0 fully saturated rings. The summed E-state index contributed by atoms with van der Waals surface area (Å²) in [5.41, 5.74) is 0.331. The van der Waals surface area contributed by atoms with Crippen molar-refractivity contribution in [1.82, 2.24) is 0 Å². The van der Waals surface area contributed by atoms with E-state index >= 15 is 0 Å². The minimum atomic E-state index is -0.890. The van der Waals surface area contributed by atoms with Crippen molar-refractivity contribution in [3.63, 3.8) is 0 Å². The monoisotopic (exact) mass is 389 g/mol. The minimum Gasteiger partial charge on any atom is -0.394 e. The Morgan fingerprint density at radius 2 is 2.20 bits per heavy atom. The third kappa shape index (κ3) is 3.54.